The normalized spacial score (nSPS) is 14.6. The summed E-state index contributed by atoms with van der Waals surface area (Å²) in [5, 5.41) is 11.2. The molecule has 94 valence electrons. The SMILES string of the molecule is CC(C)(C)OC(=O)N(C(=O)O)N1C=CC=CS1. The molecule has 0 aromatic rings. The van der Waals surface area contributed by atoms with Crippen LogP contribution in [-0.4, -0.2) is 32.3 Å². The van der Waals surface area contributed by atoms with Gasteiger partial charge >= 0.3 is 12.2 Å². The van der Waals surface area contributed by atoms with Gasteiger partial charge in [-0.2, -0.15) is 0 Å². The molecule has 6 nitrogen and oxygen atoms in total. The van der Waals surface area contributed by atoms with Crippen molar-refractivity contribution in [3.05, 3.63) is 23.8 Å². The number of hydrogen-bond acceptors (Lipinski definition) is 5. The molecular formula is C10H14N2O4S. The number of imide groups is 1. The van der Waals surface area contributed by atoms with Crippen molar-refractivity contribution in [3.63, 3.8) is 0 Å². The highest BCUT2D eigenvalue weighted by Gasteiger charge is 2.31. The highest BCUT2D eigenvalue weighted by Crippen LogP contribution is 2.22. The third-order valence-corrected chi connectivity index (χ3v) is 2.30. The lowest BCUT2D eigenvalue weighted by molar-refractivity contribution is 0.00423. The highest BCUT2D eigenvalue weighted by molar-refractivity contribution is 8.00. The molecule has 0 spiro atoms. The van der Waals surface area contributed by atoms with Crippen LogP contribution in [0.2, 0.25) is 0 Å². The second-order valence-electron chi connectivity index (χ2n) is 4.15. The van der Waals surface area contributed by atoms with Crippen LogP contribution in [0.15, 0.2) is 23.8 Å². The van der Waals surface area contributed by atoms with Crippen LogP contribution in [0.1, 0.15) is 20.8 Å². The monoisotopic (exact) mass is 258 g/mol. The summed E-state index contributed by atoms with van der Waals surface area (Å²) in [6.45, 7) is 5.01. The van der Waals surface area contributed by atoms with Gasteiger partial charge in [-0.1, -0.05) is 6.08 Å². The van der Waals surface area contributed by atoms with Crippen LogP contribution in [0.5, 0.6) is 0 Å². The average Bonchev–Trinajstić information content (AvgIpc) is 2.15. The fourth-order valence-electron chi connectivity index (χ4n) is 0.963. The van der Waals surface area contributed by atoms with E-state index < -0.39 is 17.8 Å². The zero-order valence-electron chi connectivity index (χ0n) is 9.78. The summed E-state index contributed by atoms with van der Waals surface area (Å²) < 4.78 is 6.18. The molecule has 1 N–H and O–H groups in total. The number of allylic oxidation sites excluding steroid dienone is 2. The minimum atomic E-state index is -1.40. The van der Waals surface area contributed by atoms with Gasteiger partial charge in [-0.15, -0.1) is 5.01 Å². The van der Waals surface area contributed by atoms with E-state index in [4.69, 9.17) is 9.84 Å². The third-order valence-electron chi connectivity index (χ3n) is 1.52. The zero-order valence-corrected chi connectivity index (χ0v) is 10.6. The minimum Gasteiger partial charge on any atom is -0.463 e. The van der Waals surface area contributed by atoms with Crippen LogP contribution in [0.3, 0.4) is 0 Å². The molecule has 7 heteroatoms. The van der Waals surface area contributed by atoms with Gasteiger partial charge in [0.05, 0.1) is 0 Å². The van der Waals surface area contributed by atoms with E-state index in [1.165, 1.54) is 10.6 Å². The molecule has 0 aliphatic carbocycles. The summed E-state index contributed by atoms with van der Waals surface area (Å²) in [6.07, 6.45) is 2.49. The molecule has 0 aromatic heterocycles. The van der Waals surface area contributed by atoms with Crippen molar-refractivity contribution in [1.29, 1.82) is 0 Å². The lowest BCUT2D eigenvalue weighted by Crippen LogP contribution is -2.46. The fraction of sp³-hybridized carbons (Fsp3) is 0.400. The molecule has 0 saturated carbocycles. The molecule has 0 aromatic carbocycles. The maximum absolute atomic E-state index is 11.7. The van der Waals surface area contributed by atoms with Crippen molar-refractivity contribution in [1.82, 2.24) is 9.42 Å². The van der Waals surface area contributed by atoms with Gasteiger partial charge in [-0.3, -0.25) is 0 Å². The summed E-state index contributed by atoms with van der Waals surface area (Å²) in [5.41, 5.74) is -0.745. The molecular weight excluding hydrogens is 244 g/mol. The lowest BCUT2D eigenvalue weighted by atomic mass is 10.2. The Hall–Kier alpha value is -1.63. The van der Waals surface area contributed by atoms with E-state index in [2.05, 4.69) is 0 Å². The molecule has 1 aliphatic rings. The van der Waals surface area contributed by atoms with Crippen molar-refractivity contribution < 1.29 is 19.4 Å². The second-order valence-corrected chi connectivity index (χ2v) is 5.01. The van der Waals surface area contributed by atoms with Gasteiger partial charge in [-0.05, 0) is 32.3 Å². The fourth-order valence-corrected chi connectivity index (χ4v) is 1.62. The standard InChI is InChI=1S/C10H14N2O4S/c1-10(2,3)16-9(15)12(8(13)14)11-6-4-5-7-17-11/h4-7H,1-3H3,(H,13,14). The van der Waals surface area contributed by atoms with E-state index in [0.29, 0.717) is 5.01 Å². The summed E-state index contributed by atoms with van der Waals surface area (Å²) in [4.78, 5) is 22.7. The maximum Gasteiger partial charge on any atom is 0.440 e. The van der Waals surface area contributed by atoms with Crippen molar-refractivity contribution in [2.45, 2.75) is 26.4 Å². The number of hydrazine groups is 1. The molecule has 0 saturated heterocycles. The molecule has 0 fully saturated rings. The molecule has 2 amide bonds. The predicted molar refractivity (Wildman–Crippen MR) is 63.8 cm³/mol. The van der Waals surface area contributed by atoms with Crippen LogP contribution in [-0.2, 0) is 4.74 Å². The third kappa shape index (κ3) is 4.03. The maximum atomic E-state index is 11.7. The van der Waals surface area contributed by atoms with E-state index in [0.717, 1.165) is 11.9 Å². The van der Waals surface area contributed by atoms with Crippen LogP contribution >= 0.6 is 11.9 Å². The number of carboxylic acid groups (broad SMARTS) is 1. The molecule has 1 heterocycles. The Morgan fingerprint density at radius 1 is 1.35 bits per heavy atom. The first kappa shape index (κ1) is 13.4. The van der Waals surface area contributed by atoms with E-state index in [9.17, 15) is 9.59 Å². The summed E-state index contributed by atoms with van der Waals surface area (Å²) in [5.74, 6) is 0. The number of rotatable bonds is 1. The zero-order chi connectivity index (χ0) is 13.1. The Morgan fingerprint density at radius 3 is 2.41 bits per heavy atom. The molecule has 1 rings (SSSR count). The largest absolute Gasteiger partial charge is 0.463 e. The van der Waals surface area contributed by atoms with Gasteiger partial charge in [0.2, 0.25) is 0 Å². The first-order valence-electron chi connectivity index (χ1n) is 4.86. The predicted octanol–water partition coefficient (Wildman–Crippen LogP) is 2.81. The Labute approximate surface area is 104 Å². The minimum absolute atomic E-state index is 0.510. The van der Waals surface area contributed by atoms with Gasteiger partial charge in [0.25, 0.3) is 0 Å². The number of carbonyl (C=O) groups is 2. The topological polar surface area (TPSA) is 70.1 Å². The molecule has 0 unspecified atom stereocenters. The molecule has 0 atom stereocenters. The molecule has 0 bridgehead atoms. The summed E-state index contributed by atoms with van der Waals surface area (Å²) in [7, 11) is 0. The smallest absolute Gasteiger partial charge is 0.440 e. The molecule has 17 heavy (non-hydrogen) atoms. The van der Waals surface area contributed by atoms with Crippen LogP contribution in [0.25, 0.3) is 0 Å². The first-order valence-corrected chi connectivity index (χ1v) is 5.70. The summed E-state index contributed by atoms with van der Waals surface area (Å²) in [6, 6.07) is 0. The van der Waals surface area contributed by atoms with E-state index >= 15 is 0 Å². The quantitative estimate of drug-likeness (QED) is 0.729. The van der Waals surface area contributed by atoms with Gasteiger partial charge < -0.3 is 9.84 Å². The molecule has 0 radical (unpaired) electrons. The van der Waals surface area contributed by atoms with Crippen LogP contribution in [0, 0.1) is 0 Å². The Balaban J connectivity index is 2.79. The summed E-state index contributed by atoms with van der Waals surface area (Å²) >= 11 is 1.06. The van der Waals surface area contributed by atoms with E-state index in [1.54, 1.807) is 38.3 Å². The van der Waals surface area contributed by atoms with Crippen LogP contribution in [0.4, 0.5) is 9.59 Å². The first-order chi connectivity index (χ1) is 7.81. The number of amides is 2. The van der Waals surface area contributed by atoms with E-state index in [-0.39, 0.29) is 0 Å². The number of ether oxygens (including phenoxy) is 1. The van der Waals surface area contributed by atoms with Crippen molar-refractivity contribution in [3.8, 4) is 0 Å². The number of carbonyl (C=O) groups excluding carboxylic acids is 1. The van der Waals surface area contributed by atoms with Crippen molar-refractivity contribution in [2.24, 2.45) is 0 Å². The average molecular weight is 258 g/mol. The lowest BCUT2D eigenvalue weighted by Gasteiger charge is -2.30. The van der Waals surface area contributed by atoms with Gasteiger partial charge in [0, 0.05) is 18.1 Å². The Kier molecular flexibility index (Phi) is 4.06. The second kappa shape index (κ2) is 5.13. The van der Waals surface area contributed by atoms with Gasteiger partial charge in [0.1, 0.15) is 5.60 Å². The number of nitrogens with zero attached hydrogens (tertiary/aromatic N) is 2. The molecule has 1 aliphatic heterocycles. The Bertz CT molecular complexity index is 373. The van der Waals surface area contributed by atoms with Crippen molar-refractivity contribution in [2.75, 3.05) is 0 Å². The Morgan fingerprint density at radius 2 is 2.00 bits per heavy atom. The van der Waals surface area contributed by atoms with Crippen LogP contribution < -0.4 is 0 Å². The van der Waals surface area contributed by atoms with Gasteiger partial charge in [-0.25, -0.2) is 14.0 Å². The van der Waals surface area contributed by atoms with E-state index in [1.807, 2.05) is 0 Å². The highest BCUT2D eigenvalue weighted by atomic mass is 32.2. The van der Waals surface area contributed by atoms with Gasteiger partial charge in [0.15, 0.2) is 0 Å². The number of hydrogen-bond donors (Lipinski definition) is 1. The van der Waals surface area contributed by atoms with Crippen molar-refractivity contribution >= 4 is 24.1 Å².